The molecule has 34 heavy (non-hydrogen) atoms. The van der Waals surface area contributed by atoms with Gasteiger partial charge in [-0.25, -0.2) is 0 Å². The van der Waals surface area contributed by atoms with E-state index in [4.69, 9.17) is 9.47 Å². The van der Waals surface area contributed by atoms with E-state index < -0.39 is 0 Å². The molecular formula is C28H37N3O3. The van der Waals surface area contributed by atoms with Gasteiger partial charge in [0.2, 0.25) is 0 Å². The monoisotopic (exact) mass is 463 g/mol. The molecule has 1 aliphatic carbocycles. The summed E-state index contributed by atoms with van der Waals surface area (Å²) >= 11 is 0. The fraction of sp³-hybridized carbons (Fsp3) is 0.500. The van der Waals surface area contributed by atoms with Crippen LogP contribution in [-0.4, -0.2) is 54.7 Å². The van der Waals surface area contributed by atoms with Crippen LogP contribution in [-0.2, 0) is 0 Å². The van der Waals surface area contributed by atoms with Gasteiger partial charge < -0.3 is 19.7 Å². The van der Waals surface area contributed by atoms with Gasteiger partial charge >= 0.3 is 0 Å². The van der Waals surface area contributed by atoms with E-state index in [9.17, 15) is 4.79 Å². The molecule has 1 aromatic heterocycles. The SMILES string of the molecule is CC1CC1.CCN(CC)C(=O)c1ccc(C2=CC3(CCNCC3)Oc3cccc(OC)c32)cn1. The number of pyridine rings is 1. The molecule has 6 heteroatoms. The van der Waals surface area contributed by atoms with Crippen molar-refractivity contribution in [3.63, 3.8) is 0 Å². The molecule has 6 nitrogen and oxygen atoms in total. The van der Waals surface area contributed by atoms with E-state index in [-0.39, 0.29) is 11.5 Å². The zero-order valence-corrected chi connectivity index (χ0v) is 20.9. The van der Waals surface area contributed by atoms with Crippen LogP contribution in [0.1, 0.15) is 68.1 Å². The van der Waals surface area contributed by atoms with Gasteiger partial charge in [0, 0.05) is 37.7 Å². The summed E-state index contributed by atoms with van der Waals surface area (Å²) in [4.78, 5) is 18.9. The molecule has 3 heterocycles. The number of benzene rings is 1. The molecule has 1 saturated carbocycles. The van der Waals surface area contributed by atoms with Crippen LogP contribution in [0, 0.1) is 5.92 Å². The molecule has 1 N–H and O–H groups in total. The first-order valence-electron chi connectivity index (χ1n) is 12.6. The number of rotatable bonds is 5. The molecule has 0 unspecified atom stereocenters. The van der Waals surface area contributed by atoms with E-state index in [2.05, 4.69) is 23.3 Å². The maximum atomic E-state index is 12.6. The third-order valence-electron chi connectivity index (χ3n) is 6.86. The fourth-order valence-electron chi connectivity index (χ4n) is 4.46. The molecule has 3 aliphatic rings. The van der Waals surface area contributed by atoms with Gasteiger partial charge in [-0.05, 0) is 62.7 Å². The van der Waals surface area contributed by atoms with Crippen LogP contribution in [0.5, 0.6) is 11.5 Å². The van der Waals surface area contributed by atoms with Crippen molar-refractivity contribution in [3.8, 4) is 11.5 Å². The second-order valence-electron chi connectivity index (χ2n) is 9.40. The minimum absolute atomic E-state index is 0.0414. The van der Waals surface area contributed by atoms with E-state index in [1.54, 1.807) is 18.2 Å². The van der Waals surface area contributed by atoms with Crippen molar-refractivity contribution in [2.24, 2.45) is 5.92 Å². The number of hydrogen-bond donors (Lipinski definition) is 1. The Morgan fingerprint density at radius 2 is 1.88 bits per heavy atom. The van der Waals surface area contributed by atoms with Crippen molar-refractivity contribution in [1.82, 2.24) is 15.2 Å². The largest absolute Gasteiger partial charge is 0.496 e. The minimum Gasteiger partial charge on any atom is -0.496 e. The predicted molar refractivity (Wildman–Crippen MR) is 135 cm³/mol. The number of aromatic nitrogens is 1. The van der Waals surface area contributed by atoms with Gasteiger partial charge in [0.05, 0.1) is 12.7 Å². The Morgan fingerprint density at radius 1 is 1.18 bits per heavy atom. The Hall–Kier alpha value is -2.86. The first-order valence-corrected chi connectivity index (χ1v) is 12.6. The lowest BCUT2D eigenvalue weighted by Gasteiger charge is -2.40. The lowest BCUT2D eigenvalue weighted by molar-refractivity contribution is 0.0766. The summed E-state index contributed by atoms with van der Waals surface area (Å²) in [5, 5.41) is 3.41. The quantitative estimate of drug-likeness (QED) is 0.681. The summed E-state index contributed by atoms with van der Waals surface area (Å²) in [5.74, 6) is 2.64. The van der Waals surface area contributed by atoms with E-state index >= 15 is 0 Å². The highest BCUT2D eigenvalue weighted by molar-refractivity contribution is 5.93. The second-order valence-corrected chi connectivity index (χ2v) is 9.40. The Balaban J connectivity index is 0.000000620. The number of carbonyl (C=O) groups excluding carboxylic acids is 1. The van der Waals surface area contributed by atoms with Crippen LogP contribution in [0.2, 0.25) is 0 Å². The van der Waals surface area contributed by atoms with Crippen LogP contribution >= 0.6 is 0 Å². The number of fused-ring (bicyclic) bond motifs is 1. The lowest BCUT2D eigenvalue weighted by atomic mass is 9.83. The zero-order valence-electron chi connectivity index (χ0n) is 20.9. The Bertz CT molecular complexity index is 1020. The van der Waals surface area contributed by atoms with E-state index in [1.807, 2.05) is 44.2 Å². The van der Waals surface area contributed by atoms with Crippen LogP contribution in [0.25, 0.3) is 5.57 Å². The summed E-state index contributed by atoms with van der Waals surface area (Å²) < 4.78 is 12.1. The van der Waals surface area contributed by atoms with E-state index in [1.165, 1.54) is 12.8 Å². The summed E-state index contributed by atoms with van der Waals surface area (Å²) in [5.41, 5.74) is 3.07. The predicted octanol–water partition coefficient (Wildman–Crippen LogP) is 4.93. The van der Waals surface area contributed by atoms with Gasteiger partial charge in [-0.15, -0.1) is 0 Å². The topological polar surface area (TPSA) is 63.7 Å². The molecule has 182 valence electrons. The lowest BCUT2D eigenvalue weighted by Crippen LogP contribution is -2.46. The standard InChI is InChI=1S/C24H29N3O3.C4H8/c1-4-27(5-2)23(28)19-10-9-17(16-26-19)18-15-24(11-13-25-14-12-24)30-21-8-6-7-20(29-3)22(18)21;1-4-2-3-4/h6-10,15-16,25H,4-5,11-14H2,1-3H3;4H,2-3H2,1H3. The van der Waals surface area contributed by atoms with Gasteiger partial charge in [-0.1, -0.05) is 31.9 Å². The zero-order chi connectivity index (χ0) is 24.1. The Labute approximate surface area is 203 Å². The maximum Gasteiger partial charge on any atom is 0.272 e. The molecule has 1 spiro atoms. The molecule has 1 aromatic carbocycles. The van der Waals surface area contributed by atoms with Crippen molar-refractivity contribution >= 4 is 11.5 Å². The molecule has 1 amide bonds. The van der Waals surface area contributed by atoms with Crippen molar-refractivity contribution in [3.05, 3.63) is 59.4 Å². The second kappa shape index (κ2) is 10.6. The molecule has 0 bridgehead atoms. The molecular weight excluding hydrogens is 426 g/mol. The Morgan fingerprint density at radius 3 is 2.44 bits per heavy atom. The molecule has 0 radical (unpaired) electrons. The fourth-order valence-corrected chi connectivity index (χ4v) is 4.46. The summed E-state index contributed by atoms with van der Waals surface area (Å²) in [6, 6.07) is 9.70. The van der Waals surface area contributed by atoms with Gasteiger partial charge in [0.1, 0.15) is 22.8 Å². The smallest absolute Gasteiger partial charge is 0.272 e. The normalized spacial score (nSPS) is 18.1. The molecule has 2 aromatic rings. The number of ether oxygens (including phenoxy) is 2. The molecule has 5 rings (SSSR count). The third kappa shape index (κ3) is 5.27. The number of nitrogens with zero attached hydrogens (tertiary/aromatic N) is 2. The first-order chi connectivity index (χ1) is 16.5. The van der Waals surface area contributed by atoms with Crippen LogP contribution in [0.3, 0.4) is 0 Å². The number of piperidine rings is 1. The van der Waals surface area contributed by atoms with Gasteiger partial charge in [-0.2, -0.15) is 0 Å². The average molecular weight is 464 g/mol. The van der Waals surface area contributed by atoms with Crippen molar-refractivity contribution in [1.29, 1.82) is 0 Å². The number of methoxy groups -OCH3 is 1. The molecule has 2 aliphatic heterocycles. The molecule has 1 saturated heterocycles. The van der Waals surface area contributed by atoms with Gasteiger partial charge in [-0.3, -0.25) is 9.78 Å². The van der Waals surface area contributed by atoms with E-state index in [0.29, 0.717) is 18.8 Å². The van der Waals surface area contributed by atoms with E-state index in [0.717, 1.165) is 60.0 Å². The Kier molecular flexibility index (Phi) is 7.57. The highest BCUT2D eigenvalue weighted by atomic mass is 16.5. The highest BCUT2D eigenvalue weighted by Gasteiger charge is 2.38. The first kappa shape index (κ1) is 24.3. The molecule has 0 atom stereocenters. The van der Waals surface area contributed by atoms with Crippen LogP contribution in [0.4, 0.5) is 0 Å². The summed E-state index contributed by atoms with van der Waals surface area (Å²) in [7, 11) is 1.67. The summed E-state index contributed by atoms with van der Waals surface area (Å²) in [6.45, 7) is 9.40. The van der Waals surface area contributed by atoms with Crippen molar-refractivity contribution in [2.45, 2.75) is 52.1 Å². The van der Waals surface area contributed by atoms with Gasteiger partial charge in [0.15, 0.2) is 0 Å². The number of hydrogen-bond acceptors (Lipinski definition) is 5. The molecule has 2 fully saturated rings. The van der Waals surface area contributed by atoms with Crippen molar-refractivity contribution < 1.29 is 14.3 Å². The van der Waals surface area contributed by atoms with Crippen LogP contribution in [0.15, 0.2) is 42.6 Å². The van der Waals surface area contributed by atoms with Crippen LogP contribution < -0.4 is 14.8 Å². The number of nitrogens with one attached hydrogen (secondary N) is 1. The number of carbonyl (C=O) groups is 1. The summed E-state index contributed by atoms with van der Waals surface area (Å²) in [6.07, 6.45) is 8.79. The minimum atomic E-state index is -0.338. The third-order valence-corrected chi connectivity index (χ3v) is 6.86. The highest BCUT2D eigenvalue weighted by Crippen LogP contribution is 2.46. The number of amides is 1. The van der Waals surface area contributed by atoms with Gasteiger partial charge in [0.25, 0.3) is 5.91 Å². The maximum absolute atomic E-state index is 12.6. The average Bonchev–Trinajstić information content (AvgIpc) is 3.66. The van der Waals surface area contributed by atoms with Crippen molar-refractivity contribution in [2.75, 3.05) is 33.3 Å².